The number of hydrogen-bond donors (Lipinski definition) is 2. The third-order valence-corrected chi connectivity index (χ3v) is 7.55. The van der Waals surface area contributed by atoms with E-state index in [0.717, 1.165) is 25.2 Å². The number of sulfonamides is 1. The summed E-state index contributed by atoms with van der Waals surface area (Å²) in [6, 6.07) is 15.5. The fourth-order valence-corrected chi connectivity index (χ4v) is 4.97. The first-order valence-corrected chi connectivity index (χ1v) is 13.7. The number of ether oxygens (including phenoxy) is 1. The second-order valence-electron chi connectivity index (χ2n) is 9.17. The van der Waals surface area contributed by atoms with E-state index in [0.29, 0.717) is 30.4 Å². The quantitative estimate of drug-likeness (QED) is 0.421. The molecule has 9 nitrogen and oxygen atoms in total. The number of nitrogens with one attached hydrogen (secondary N) is 2. The smallest absolute Gasteiger partial charge is 0.416 e. The summed E-state index contributed by atoms with van der Waals surface area (Å²) in [4.78, 5) is 28.7. The summed E-state index contributed by atoms with van der Waals surface area (Å²) >= 11 is 0. The number of rotatable bonds is 8. The average molecular weight is 577 g/mol. The molecule has 2 amide bonds. The second kappa shape index (κ2) is 12.0. The van der Waals surface area contributed by atoms with Crippen LogP contribution in [0.4, 0.5) is 24.5 Å². The molecule has 0 aliphatic carbocycles. The van der Waals surface area contributed by atoms with Crippen LogP contribution in [0.2, 0.25) is 0 Å². The topological polar surface area (TPSA) is 108 Å². The Hall–Kier alpha value is -4.10. The molecule has 0 spiro atoms. The van der Waals surface area contributed by atoms with Crippen LogP contribution in [-0.4, -0.2) is 69.9 Å². The van der Waals surface area contributed by atoms with Crippen molar-refractivity contribution in [2.24, 2.45) is 0 Å². The highest BCUT2D eigenvalue weighted by atomic mass is 32.2. The van der Waals surface area contributed by atoms with E-state index in [1.165, 1.54) is 30.3 Å². The zero-order valence-corrected chi connectivity index (χ0v) is 22.3. The normalized spacial score (nSPS) is 14.4. The molecule has 1 aliphatic rings. The van der Waals surface area contributed by atoms with Crippen molar-refractivity contribution >= 4 is 33.2 Å². The van der Waals surface area contributed by atoms with Crippen molar-refractivity contribution in [3.63, 3.8) is 0 Å². The molecule has 2 N–H and O–H groups in total. The SMILES string of the molecule is CN1CCN(C(=O)c2ccc(NC(=O)COc3ccc(S(=O)(=O)Nc4cccc(C(F)(F)F)c4)cc3)cc2)CC1. The third-order valence-electron chi connectivity index (χ3n) is 6.15. The molecule has 4 rings (SSSR count). The van der Waals surface area contributed by atoms with Gasteiger partial charge in [0.05, 0.1) is 10.5 Å². The maximum Gasteiger partial charge on any atom is 0.416 e. The van der Waals surface area contributed by atoms with Crippen LogP contribution in [0.25, 0.3) is 0 Å². The van der Waals surface area contributed by atoms with Gasteiger partial charge in [-0.1, -0.05) is 6.07 Å². The van der Waals surface area contributed by atoms with E-state index in [-0.39, 0.29) is 28.8 Å². The first kappa shape index (κ1) is 28.9. The van der Waals surface area contributed by atoms with Crippen LogP contribution in [0, 0.1) is 0 Å². The van der Waals surface area contributed by atoms with Gasteiger partial charge in [0.1, 0.15) is 5.75 Å². The summed E-state index contributed by atoms with van der Waals surface area (Å²) in [7, 11) is -2.16. The fourth-order valence-electron chi connectivity index (χ4n) is 3.92. The number of alkyl halides is 3. The van der Waals surface area contributed by atoms with Crippen molar-refractivity contribution in [3.8, 4) is 5.75 Å². The summed E-state index contributed by atoms with van der Waals surface area (Å²) in [6.45, 7) is 2.58. The molecular formula is C27H27F3N4O5S. The summed E-state index contributed by atoms with van der Waals surface area (Å²) in [5.41, 5.74) is -0.213. The molecule has 0 aromatic heterocycles. The van der Waals surface area contributed by atoms with Crippen molar-refractivity contribution in [1.29, 1.82) is 0 Å². The van der Waals surface area contributed by atoms with E-state index < -0.39 is 27.7 Å². The molecule has 0 saturated carbocycles. The van der Waals surface area contributed by atoms with Crippen LogP contribution in [0.1, 0.15) is 15.9 Å². The van der Waals surface area contributed by atoms with Gasteiger partial charge in [0, 0.05) is 43.1 Å². The minimum atomic E-state index is -4.61. The van der Waals surface area contributed by atoms with Gasteiger partial charge in [-0.3, -0.25) is 14.3 Å². The predicted octanol–water partition coefficient (Wildman–Crippen LogP) is 3.91. The van der Waals surface area contributed by atoms with Gasteiger partial charge < -0.3 is 19.9 Å². The molecule has 40 heavy (non-hydrogen) atoms. The van der Waals surface area contributed by atoms with Gasteiger partial charge in [0.15, 0.2) is 6.61 Å². The fraction of sp³-hybridized carbons (Fsp3) is 0.259. The molecule has 1 aliphatic heterocycles. The zero-order valence-electron chi connectivity index (χ0n) is 21.4. The second-order valence-corrected chi connectivity index (χ2v) is 10.8. The van der Waals surface area contributed by atoms with E-state index in [9.17, 15) is 31.2 Å². The van der Waals surface area contributed by atoms with E-state index in [2.05, 4.69) is 14.9 Å². The molecule has 3 aromatic carbocycles. The molecule has 1 heterocycles. The summed E-state index contributed by atoms with van der Waals surface area (Å²) in [5, 5.41) is 2.66. The highest BCUT2D eigenvalue weighted by Crippen LogP contribution is 2.31. The Balaban J connectivity index is 1.28. The summed E-state index contributed by atoms with van der Waals surface area (Å²) < 4.78 is 71.4. The van der Waals surface area contributed by atoms with Crippen LogP contribution in [0.5, 0.6) is 5.75 Å². The van der Waals surface area contributed by atoms with Crippen LogP contribution in [0.3, 0.4) is 0 Å². The number of carbonyl (C=O) groups is 2. The predicted molar refractivity (Wildman–Crippen MR) is 143 cm³/mol. The lowest BCUT2D eigenvalue weighted by Crippen LogP contribution is -2.47. The third kappa shape index (κ3) is 7.51. The first-order valence-electron chi connectivity index (χ1n) is 12.2. The molecule has 0 radical (unpaired) electrons. The number of carbonyl (C=O) groups excluding carboxylic acids is 2. The van der Waals surface area contributed by atoms with Gasteiger partial charge in [-0.2, -0.15) is 13.2 Å². The lowest BCUT2D eigenvalue weighted by atomic mass is 10.1. The van der Waals surface area contributed by atoms with E-state index >= 15 is 0 Å². The Bertz CT molecular complexity index is 1450. The standard InChI is InChI=1S/C27H27F3N4O5S/c1-33-13-15-34(16-14-33)26(36)19-5-7-21(8-6-19)31-25(35)18-39-23-9-11-24(12-10-23)40(37,38)32-22-4-2-3-20(17-22)27(28,29)30/h2-12,17,32H,13-16,18H2,1H3,(H,31,35). The van der Waals surface area contributed by atoms with E-state index in [4.69, 9.17) is 4.74 Å². The number of hydrogen-bond acceptors (Lipinski definition) is 6. The maximum atomic E-state index is 12.9. The van der Waals surface area contributed by atoms with Crippen molar-refractivity contribution in [2.75, 3.05) is 49.9 Å². The lowest BCUT2D eigenvalue weighted by Gasteiger charge is -2.32. The summed E-state index contributed by atoms with van der Waals surface area (Å²) in [5.74, 6) is -0.327. The molecule has 1 fully saturated rings. The van der Waals surface area contributed by atoms with E-state index in [1.807, 2.05) is 7.05 Å². The number of likely N-dealkylation sites (N-methyl/N-ethyl adjacent to an activating group) is 1. The monoisotopic (exact) mass is 576 g/mol. The van der Waals surface area contributed by atoms with Crippen molar-refractivity contribution in [1.82, 2.24) is 9.80 Å². The molecule has 1 saturated heterocycles. The Morgan fingerprint density at radius 3 is 2.17 bits per heavy atom. The molecule has 0 atom stereocenters. The highest BCUT2D eigenvalue weighted by molar-refractivity contribution is 7.92. The molecule has 3 aromatic rings. The van der Waals surface area contributed by atoms with Crippen molar-refractivity contribution in [3.05, 3.63) is 83.9 Å². The Labute approximate surface area is 229 Å². The van der Waals surface area contributed by atoms with Gasteiger partial charge >= 0.3 is 6.18 Å². The van der Waals surface area contributed by atoms with Gasteiger partial charge in [0.25, 0.3) is 21.8 Å². The minimum absolute atomic E-state index is 0.0650. The molecule has 212 valence electrons. The van der Waals surface area contributed by atoms with Crippen LogP contribution in [0.15, 0.2) is 77.7 Å². The minimum Gasteiger partial charge on any atom is -0.484 e. The van der Waals surface area contributed by atoms with Crippen LogP contribution < -0.4 is 14.8 Å². The maximum absolute atomic E-state index is 12.9. The van der Waals surface area contributed by atoms with E-state index in [1.54, 1.807) is 29.2 Å². The zero-order chi connectivity index (χ0) is 28.9. The number of benzene rings is 3. The van der Waals surface area contributed by atoms with Gasteiger partial charge in [-0.05, 0) is 73.8 Å². The van der Waals surface area contributed by atoms with Gasteiger partial charge in [-0.15, -0.1) is 0 Å². The molecule has 0 bridgehead atoms. The molecule has 0 unspecified atom stereocenters. The Morgan fingerprint density at radius 2 is 1.55 bits per heavy atom. The molecule has 13 heteroatoms. The number of anilines is 2. The number of piperazine rings is 1. The number of amides is 2. The largest absolute Gasteiger partial charge is 0.484 e. The van der Waals surface area contributed by atoms with Crippen molar-refractivity contribution in [2.45, 2.75) is 11.1 Å². The number of halogens is 3. The Kier molecular flexibility index (Phi) is 8.64. The van der Waals surface area contributed by atoms with Gasteiger partial charge in [-0.25, -0.2) is 8.42 Å². The molecular weight excluding hydrogens is 549 g/mol. The van der Waals surface area contributed by atoms with Crippen molar-refractivity contribution < 1.29 is 35.9 Å². The Morgan fingerprint density at radius 1 is 0.900 bits per heavy atom. The lowest BCUT2D eigenvalue weighted by molar-refractivity contribution is -0.137. The van der Waals surface area contributed by atoms with Gasteiger partial charge in [0.2, 0.25) is 0 Å². The highest BCUT2D eigenvalue weighted by Gasteiger charge is 2.30. The summed E-state index contributed by atoms with van der Waals surface area (Å²) in [6.07, 6.45) is -4.61. The number of nitrogens with zero attached hydrogens (tertiary/aromatic N) is 2. The average Bonchev–Trinajstić information content (AvgIpc) is 2.92. The van der Waals surface area contributed by atoms with Crippen LogP contribution >= 0.6 is 0 Å². The first-order chi connectivity index (χ1) is 18.9. The van der Waals surface area contributed by atoms with Crippen LogP contribution in [-0.2, 0) is 21.0 Å².